The van der Waals surface area contributed by atoms with Crippen LogP contribution in [0.1, 0.15) is 40.5 Å². The Balaban J connectivity index is 0. The highest BCUT2D eigenvalue weighted by atomic mass is 16.4. The predicted octanol–water partition coefficient (Wildman–Crippen LogP) is 1.79. The topological polar surface area (TPSA) is 81.3 Å². The third kappa shape index (κ3) is 30.7. The molecule has 4 heteroatoms. The number of aliphatic hydroxyl groups is 1. The maximum absolute atomic E-state index is 9.91. The van der Waals surface area contributed by atoms with E-state index in [1.54, 1.807) is 27.7 Å². The smallest absolute Gasteiger partial charge is 0.303 e. The van der Waals surface area contributed by atoms with E-state index in [2.05, 4.69) is 0 Å². The van der Waals surface area contributed by atoms with E-state index in [-0.39, 0.29) is 12.3 Å². The molecule has 0 saturated heterocycles. The van der Waals surface area contributed by atoms with Gasteiger partial charge in [0.1, 0.15) is 0 Å². The van der Waals surface area contributed by atoms with Gasteiger partial charge in [0, 0.05) is 12.3 Å². The summed E-state index contributed by atoms with van der Waals surface area (Å²) in [5.74, 6) is -0.974. The lowest BCUT2D eigenvalue weighted by Gasteiger charge is -2.04. The van der Waals surface area contributed by atoms with Gasteiger partial charge in [0.25, 0.3) is 0 Å². The monoisotopic (exact) mass is 201 g/mol. The zero-order valence-electron chi connectivity index (χ0n) is 9.24. The molecular weight excluding hydrogens is 182 g/mol. The van der Waals surface area contributed by atoms with Crippen LogP contribution in [0.5, 0.6) is 0 Å². The number of carboxylic acids is 1. The minimum Gasteiger partial charge on any atom is -0.481 e. The first-order valence-corrected chi connectivity index (χ1v) is 4.50. The highest BCUT2D eigenvalue weighted by Crippen LogP contribution is 2.02. The van der Waals surface area contributed by atoms with E-state index in [9.17, 15) is 4.79 Å². The number of nitrogens with zero attached hydrogens (tertiary/aromatic N) is 1. The van der Waals surface area contributed by atoms with Crippen molar-refractivity contribution in [2.45, 2.75) is 46.1 Å². The zero-order chi connectivity index (χ0) is 11.8. The second-order valence-corrected chi connectivity index (χ2v) is 4.13. The number of rotatable bonds is 3. The fourth-order valence-corrected chi connectivity index (χ4v) is 0.405. The van der Waals surface area contributed by atoms with Crippen LogP contribution in [0.2, 0.25) is 0 Å². The summed E-state index contributed by atoms with van der Waals surface area (Å²) in [5.41, 5.74) is -0.500. The van der Waals surface area contributed by atoms with Crippen molar-refractivity contribution in [3.05, 3.63) is 0 Å². The highest BCUT2D eigenvalue weighted by Gasteiger charge is 2.02. The van der Waals surface area contributed by atoms with E-state index in [0.29, 0.717) is 6.42 Å². The molecule has 0 aliphatic heterocycles. The van der Waals surface area contributed by atoms with Gasteiger partial charge in [-0.25, -0.2) is 0 Å². The number of nitriles is 1. The summed E-state index contributed by atoms with van der Waals surface area (Å²) in [6.45, 7) is 6.94. The summed E-state index contributed by atoms with van der Waals surface area (Å²) in [6.07, 6.45) is 0.542. The van der Waals surface area contributed by atoms with Crippen LogP contribution >= 0.6 is 0 Å². The third-order valence-electron chi connectivity index (χ3n) is 1.01. The first kappa shape index (κ1) is 15.4. The van der Waals surface area contributed by atoms with Crippen LogP contribution < -0.4 is 0 Å². The summed E-state index contributed by atoms with van der Waals surface area (Å²) < 4.78 is 0. The normalized spacial score (nSPS) is 12.0. The summed E-state index contributed by atoms with van der Waals surface area (Å²) in [4.78, 5) is 9.91. The number of hydrogen-bond donors (Lipinski definition) is 2. The molecule has 0 amide bonds. The van der Waals surface area contributed by atoms with E-state index < -0.39 is 11.6 Å². The third-order valence-corrected chi connectivity index (χ3v) is 1.01. The summed E-state index contributed by atoms with van der Waals surface area (Å²) in [6, 6.07) is 1.96. The van der Waals surface area contributed by atoms with Gasteiger partial charge in [0.05, 0.1) is 11.7 Å². The Labute approximate surface area is 85.2 Å². The van der Waals surface area contributed by atoms with Gasteiger partial charge < -0.3 is 10.2 Å². The van der Waals surface area contributed by atoms with Crippen LogP contribution in [0.15, 0.2) is 0 Å². The van der Waals surface area contributed by atoms with Crippen molar-refractivity contribution in [1.29, 1.82) is 5.26 Å². The number of aliphatic carboxylic acids is 1. The fourth-order valence-electron chi connectivity index (χ4n) is 0.405. The average Bonchev–Trinajstić information content (AvgIpc) is 1.96. The molecule has 4 nitrogen and oxygen atoms in total. The Morgan fingerprint density at radius 2 is 1.86 bits per heavy atom. The molecule has 1 unspecified atom stereocenters. The van der Waals surface area contributed by atoms with Crippen molar-refractivity contribution < 1.29 is 15.0 Å². The van der Waals surface area contributed by atoms with Gasteiger partial charge >= 0.3 is 5.97 Å². The summed E-state index contributed by atoms with van der Waals surface area (Å²) in [5, 5.41) is 24.9. The Morgan fingerprint density at radius 3 is 2.07 bits per heavy atom. The maximum Gasteiger partial charge on any atom is 0.303 e. The minimum atomic E-state index is -0.836. The average molecular weight is 201 g/mol. The molecule has 0 saturated carbocycles. The predicted molar refractivity (Wildman–Crippen MR) is 53.6 cm³/mol. The molecule has 1 atom stereocenters. The van der Waals surface area contributed by atoms with Crippen molar-refractivity contribution in [2.24, 2.45) is 5.92 Å². The van der Waals surface area contributed by atoms with Crippen LogP contribution in [0.25, 0.3) is 0 Å². The molecule has 14 heavy (non-hydrogen) atoms. The minimum absolute atomic E-state index is 0.0920. The molecule has 0 aliphatic rings. The lowest BCUT2D eigenvalue weighted by Crippen LogP contribution is -2.10. The van der Waals surface area contributed by atoms with Crippen molar-refractivity contribution >= 4 is 5.97 Å². The first-order chi connectivity index (χ1) is 6.16. The molecular formula is C10H19NO3. The Bertz CT molecular complexity index is 194. The van der Waals surface area contributed by atoms with Crippen molar-refractivity contribution in [3.8, 4) is 6.07 Å². The Morgan fingerprint density at radius 1 is 1.50 bits per heavy atom. The van der Waals surface area contributed by atoms with Gasteiger partial charge in [-0.15, -0.1) is 0 Å². The molecule has 0 radical (unpaired) electrons. The van der Waals surface area contributed by atoms with Crippen LogP contribution in [0, 0.1) is 17.2 Å². The molecule has 0 aromatic rings. The van der Waals surface area contributed by atoms with Gasteiger partial charge in [-0.05, 0) is 34.1 Å². The number of carbonyl (C=O) groups is 1. The van der Waals surface area contributed by atoms with Crippen LogP contribution in [0.4, 0.5) is 0 Å². The standard InChI is InChI=1S/C6H9NO2.C4H10O/c1-5(4-7)2-3-6(8)9;1-4(2,3)5/h5H,2-3H2,1H3,(H,8,9);5H,1-3H3. The summed E-state index contributed by atoms with van der Waals surface area (Å²) >= 11 is 0. The van der Waals surface area contributed by atoms with E-state index in [1.165, 1.54) is 0 Å². The largest absolute Gasteiger partial charge is 0.481 e. The number of carboxylic acid groups (broad SMARTS) is 1. The van der Waals surface area contributed by atoms with Gasteiger partial charge in [0.2, 0.25) is 0 Å². The van der Waals surface area contributed by atoms with E-state index in [4.69, 9.17) is 15.5 Å². The molecule has 0 bridgehead atoms. The van der Waals surface area contributed by atoms with Gasteiger partial charge in [0.15, 0.2) is 0 Å². The first-order valence-electron chi connectivity index (χ1n) is 4.50. The van der Waals surface area contributed by atoms with Crippen LogP contribution in [0.3, 0.4) is 0 Å². The second-order valence-electron chi connectivity index (χ2n) is 4.13. The maximum atomic E-state index is 9.91. The molecule has 0 aromatic carbocycles. The molecule has 0 heterocycles. The Kier molecular flexibility index (Phi) is 8.07. The molecule has 0 aliphatic carbocycles. The van der Waals surface area contributed by atoms with Crippen molar-refractivity contribution in [2.75, 3.05) is 0 Å². The Hall–Kier alpha value is -1.08. The quantitative estimate of drug-likeness (QED) is 0.729. The van der Waals surface area contributed by atoms with E-state index >= 15 is 0 Å². The number of hydrogen-bond acceptors (Lipinski definition) is 3. The molecule has 0 aromatic heterocycles. The SMILES string of the molecule is CC(C#N)CCC(=O)O.CC(C)(C)O. The zero-order valence-corrected chi connectivity index (χ0v) is 9.24. The summed E-state index contributed by atoms with van der Waals surface area (Å²) in [7, 11) is 0. The van der Waals surface area contributed by atoms with Crippen molar-refractivity contribution in [3.63, 3.8) is 0 Å². The molecule has 0 rings (SSSR count). The van der Waals surface area contributed by atoms with Crippen molar-refractivity contribution in [1.82, 2.24) is 0 Å². The molecule has 0 fully saturated rings. The lowest BCUT2D eigenvalue weighted by atomic mass is 10.1. The molecule has 0 spiro atoms. The van der Waals surface area contributed by atoms with Gasteiger partial charge in [-0.1, -0.05) is 0 Å². The molecule has 82 valence electrons. The second kappa shape index (κ2) is 7.34. The highest BCUT2D eigenvalue weighted by molar-refractivity contribution is 5.66. The van der Waals surface area contributed by atoms with E-state index in [0.717, 1.165) is 0 Å². The van der Waals surface area contributed by atoms with Crippen LogP contribution in [-0.2, 0) is 4.79 Å². The molecule has 2 N–H and O–H groups in total. The fraction of sp³-hybridized carbons (Fsp3) is 0.800. The van der Waals surface area contributed by atoms with E-state index in [1.807, 2.05) is 6.07 Å². The van der Waals surface area contributed by atoms with Gasteiger partial charge in [-0.2, -0.15) is 5.26 Å². The lowest BCUT2D eigenvalue weighted by molar-refractivity contribution is -0.137. The van der Waals surface area contributed by atoms with Crippen LogP contribution in [-0.4, -0.2) is 21.8 Å². The van der Waals surface area contributed by atoms with Gasteiger partial charge in [-0.3, -0.25) is 4.79 Å².